The van der Waals surface area contributed by atoms with E-state index in [9.17, 15) is 4.39 Å². The number of hydrogen-bond donors (Lipinski definition) is 0. The number of halogens is 1. The van der Waals surface area contributed by atoms with Crippen LogP contribution in [0.5, 0.6) is 5.75 Å². The van der Waals surface area contributed by atoms with Crippen molar-refractivity contribution in [3.63, 3.8) is 0 Å². The first kappa shape index (κ1) is 13.9. The second kappa shape index (κ2) is 6.07. The molecular weight excluding hydrogens is 255 g/mol. The van der Waals surface area contributed by atoms with Gasteiger partial charge in [0.25, 0.3) is 0 Å². The second-order valence-corrected chi connectivity index (χ2v) is 4.48. The van der Waals surface area contributed by atoms with Crippen LogP contribution in [0.1, 0.15) is 11.1 Å². The number of benzene rings is 2. The second-order valence-electron chi connectivity index (χ2n) is 4.48. The molecule has 20 heavy (non-hydrogen) atoms. The Bertz CT molecular complexity index is 632. The van der Waals surface area contributed by atoms with Crippen molar-refractivity contribution in [1.82, 2.24) is 0 Å². The molecule has 0 N–H and O–H groups in total. The maximum absolute atomic E-state index is 12.9. The zero-order chi connectivity index (χ0) is 14.5. The quantitative estimate of drug-likeness (QED) is 0.855. The van der Waals surface area contributed by atoms with Gasteiger partial charge in [-0.1, -0.05) is 6.07 Å². The van der Waals surface area contributed by atoms with Crippen LogP contribution in [0.4, 0.5) is 10.1 Å². The van der Waals surface area contributed by atoms with Crippen LogP contribution in [-0.4, -0.2) is 14.2 Å². The van der Waals surface area contributed by atoms with Crippen molar-refractivity contribution in [3.05, 3.63) is 59.4 Å². The van der Waals surface area contributed by atoms with Crippen molar-refractivity contribution in [1.29, 1.82) is 5.26 Å². The van der Waals surface area contributed by atoms with Gasteiger partial charge in [-0.2, -0.15) is 5.26 Å². The summed E-state index contributed by atoms with van der Waals surface area (Å²) in [6, 6.07) is 13.9. The molecule has 2 rings (SSSR count). The topological polar surface area (TPSA) is 36.3 Å². The van der Waals surface area contributed by atoms with E-state index in [1.54, 1.807) is 25.3 Å². The lowest BCUT2D eigenvalue weighted by Crippen LogP contribution is -2.16. The van der Waals surface area contributed by atoms with Crippen molar-refractivity contribution < 1.29 is 9.13 Å². The predicted molar refractivity (Wildman–Crippen MR) is 76.2 cm³/mol. The summed E-state index contributed by atoms with van der Waals surface area (Å²) in [5, 5.41) is 8.95. The van der Waals surface area contributed by atoms with Crippen molar-refractivity contribution in [2.24, 2.45) is 0 Å². The van der Waals surface area contributed by atoms with Crippen LogP contribution < -0.4 is 9.64 Å². The summed E-state index contributed by atoms with van der Waals surface area (Å²) in [7, 11) is 3.47. The molecule has 0 aliphatic heterocycles. The van der Waals surface area contributed by atoms with Crippen LogP contribution in [-0.2, 0) is 6.54 Å². The van der Waals surface area contributed by atoms with Gasteiger partial charge in [-0.15, -0.1) is 0 Å². The number of nitriles is 1. The molecule has 0 radical (unpaired) electrons. The Balaban J connectivity index is 2.17. The monoisotopic (exact) mass is 270 g/mol. The molecule has 102 valence electrons. The third-order valence-electron chi connectivity index (χ3n) is 3.07. The third-order valence-corrected chi connectivity index (χ3v) is 3.07. The highest BCUT2D eigenvalue weighted by Gasteiger charge is 2.07. The van der Waals surface area contributed by atoms with Gasteiger partial charge < -0.3 is 9.64 Å². The SMILES string of the molecule is COc1cc(CN(C)c2ccc(F)cc2)ccc1C#N. The first-order valence-corrected chi connectivity index (χ1v) is 6.17. The molecule has 2 aromatic rings. The van der Waals surface area contributed by atoms with E-state index in [1.807, 2.05) is 24.1 Å². The first-order chi connectivity index (χ1) is 9.63. The van der Waals surface area contributed by atoms with Gasteiger partial charge in [-0.25, -0.2) is 4.39 Å². The van der Waals surface area contributed by atoms with Crippen LogP contribution in [0, 0.1) is 17.1 Å². The van der Waals surface area contributed by atoms with Gasteiger partial charge >= 0.3 is 0 Å². The minimum absolute atomic E-state index is 0.248. The Kier molecular flexibility index (Phi) is 4.21. The van der Waals surface area contributed by atoms with Crippen molar-refractivity contribution in [2.75, 3.05) is 19.1 Å². The summed E-state index contributed by atoms with van der Waals surface area (Å²) in [5.74, 6) is 0.319. The molecule has 0 saturated heterocycles. The van der Waals surface area contributed by atoms with Crippen LogP contribution in [0.2, 0.25) is 0 Å². The van der Waals surface area contributed by atoms with Crippen LogP contribution in [0.3, 0.4) is 0 Å². The van der Waals surface area contributed by atoms with Gasteiger partial charge in [-0.3, -0.25) is 0 Å². The first-order valence-electron chi connectivity index (χ1n) is 6.17. The number of rotatable bonds is 4. The number of anilines is 1. The molecule has 0 spiro atoms. The maximum atomic E-state index is 12.9. The number of ether oxygens (including phenoxy) is 1. The summed E-state index contributed by atoms with van der Waals surface area (Å²) in [4.78, 5) is 2.00. The van der Waals surface area contributed by atoms with E-state index in [0.29, 0.717) is 17.9 Å². The standard InChI is InChI=1S/C16H15FN2O/c1-19(15-7-5-14(17)6-8-15)11-12-3-4-13(10-18)16(9-12)20-2/h3-9H,11H2,1-2H3. The molecule has 0 aliphatic rings. The molecule has 0 aliphatic carbocycles. The Hall–Kier alpha value is -2.54. The number of nitrogens with zero attached hydrogens (tertiary/aromatic N) is 2. The average molecular weight is 270 g/mol. The van der Waals surface area contributed by atoms with Crippen molar-refractivity contribution in [3.8, 4) is 11.8 Å². The molecular formula is C16H15FN2O. The lowest BCUT2D eigenvalue weighted by molar-refractivity contribution is 0.413. The molecule has 2 aromatic carbocycles. The Labute approximate surface area is 117 Å². The van der Waals surface area contributed by atoms with Gasteiger partial charge in [0, 0.05) is 19.3 Å². The fourth-order valence-corrected chi connectivity index (χ4v) is 1.99. The minimum atomic E-state index is -0.248. The van der Waals surface area contributed by atoms with Crippen molar-refractivity contribution >= 4 is 5.69 Å². The van der Waals surface area contributed by atoms with E-state index in [2.05, 4.69) is 6.07 Å². The summed E-state index contributed by atoms with van der Waals surface area (Å²) < 4.78 is 18.1. The summed E-state index contributed by atoms with van der Waals surface area (Å²) in [5.41, 5.74) is 2.46. The highest BCUT2D eigenvalue weighted by atomic mass is 19.1. The summed E-state index contributed by atoms with van der Waals surface area (Å²) in [6.07, 6.45) is 0. The fraction of sp³-hybridized carbons (Fsp3) is 0.188. The largest absolute Gasteiger partial charge is 0.495 e. The molecule has 0 unspecified atom stereocenters. The maximum Gasteiger partial charge on any atom is 0.136 e. The third kappa shape index (κ3) is 3.07. The van der Waals surface area contributed by atoms with Gasteiger partial charge in [0.05, 0.1) is 12.7 Å². The number of hydrogen-bond acceptors (Lipinski definition) is 3. The number of methoxy groups -OCH3 is 1. The van der Waals surface area contributed by atoms with E-state index in [1.165, 1.54) is 12.1 Å². The fourth-order valence-electron chi connectivity index (χ4n) is 1.99. The van der Waals surface area contributed by atoms with Gasteiger partial charge in [0.15, 0.2) is 0 Å². The van der Waals surface area contributed by atoms with Gasteiger partial charge in [0.1, 0.15) is 17.6 Å². The lowest BCUT2D eigenvalue weighted by Gasteiger charge is -2.19. The molecule has 0 fully saturated rings. The minimum Gasteiger partial charge on any atom is -0.495 e. The van der Waals surface area contributed by atoms with Gasteiger partial charge in [0.2, 0.25) is 0 Å². The highest BCUT2D eigenvalue weighted by Crippen LogP contribution is 2.22. The van der Waals surface area contributed by atoms with E-state index in [4.69, 9.17) is 10.00 Å². The zero-order valence-electron chi connectivity index (χ0n) is 11.4. The molecule has 0 bridgehead atoms. The smallest absolute Gasteiger partial charge is 0.136 e. The predicted octanol–water partition coefficient (Wildman–Crippen LogP) is 3.34. The van der Waals surface area contributed by atoms with Crippen LogP contribution in [0.25, 0.3) is 0 Å². The molecule has 0 atom stereocenters. The van der Waals surface area contributed by atoms with E-state index < -0.39 is 0 Å². The highest BCUT2D eigenvalue weighted by molar-refractivity contribution is 5.49. The Morgan fingerprint density at radius 2 is 1.90 bits per heavy atom. The average Bonchev–Trinajstić information content (AvgIpc) is 2.47. The molecule has 0 aromatic heterocycles. The molecule has 0 heterocycles. The normalized spacial score (nSPS) is 9.90. The van der Waals surface area contributed by atoms with Crippen LogP contribution >= 0.6 is 0 Å². The lowest BCUT2D eigenvalue weighted by atomic mass is 10.1. The van der Waals surface area contributed by atoms with E-state index >= 15 is 0 Å². The Morgan fingerprint density at radius 3 is 2.50 bits per heavy atom. The van der Waals surface area contributed by atoms with E-state index in [-0.39, 0.29) is 5.82 Å². The molecule has 0 amide bonds. The van der Waals surface area contributed by atoms with Crippen molar-refractivity contribution in [2.45, 2.75) is 6.54 Å². The molecule has 0 saturated carbocycles. The summed E-state index contributed by atoms with van der Waals surface area (Å²) in [6.45, 7) is 0.647. The zero-order valence-corrected chi connectivity index (χ0v) is 11.4. The van der Waals surface area contributed by atoms with Crippen LogP contribution in [0.15, 0.2) is 42.5 Å². The van der Waals surface area contributed by atoms with Gasteiger partial charge in [-0.05, 0) is 42.0 Å². The van der Waals surface area contributed by atoms with E-state index in [0.717, 1.165) is 11.3 Å². The molecule has 3 nitrogen and oxygen atoms in total. The Morgan fingerprint density at radius 1 is 1.20 bits per heavy atom. The summed E-state index contributed by atoms with van der Waals surface area (Å²) >= 11 is 0. The molecule has 4 heteroatoms.